The van der Waals surface area contributed by atoms with E-state index < -0.39 is 0 Å². The standard InChI is InChI=1S/C12H20N2O2/c15-11-8-5-9(11)7-14(6-8)12(16)10-3-1-2-4-13-10/h8-11,13,15H,1-7H2/t8-,9+,10-,11?/m0/s1. The largest absolute Gasteiger partial charge is 0.392 e. The van der Waals surface area contributed by atoms with Crippen LogP contribution in [0, 0.1) is 11.8 Å². The van der Waals surface area contributed by atoms with Crippen molar-refractivity contribution in [3.63, 3.8) is 0 Å². The number of piperidine rings is 3. The molecule has 0 aromatic rings. The number of nitrogens with zero attached hydrogens (tertiary/aromatic N) is 1. The topological polar surface area (TPSA) is 52.6 Å². The van der Waals surface area contributed by atoms with E-state index in [0.717, 1.165) is 38.9 Å². The second-order valence-corrected chi connectivity index (χ2v) is 5.49. The SMILES string of the molecule is O=C([C@@H]1CCCCN1)N1C[C@H]2C[C@@H](C1)C2O. The zero-order valence-electron chi connectivity index (χ0n) is 9.56. The van der Waals surface area contributed by atoms with E-state index in [4.69, 9.17) is 0 Å². The first-order valence-corrected chi connectivity index (χ1v) is 6.46. The highest BCUT2D eigenvalue weighted by Crippen LogP contribution is 2.40. The molecule has 1 amide bonds. The smallest absolute Gasteiger partial charge is 0.239 e. The number of rotatable bonds is 1. The van der Waals surface area contributed by atoms with Crippen LogP contribution in [0.25, 0.3) is 0 Å². The Bertz CT molecular complexity index is 277. The molecule has 4 heteroatoms. The van der Waals surface area contributed by atoms with E-state index in [1.807, 2.05) is 4.90 Å². The molecule has 4 fully saturated rings. The maximum atomic E-state index is 12.2. The van der Waals surface area contributed by atoms with Gasteiger partial charge in [0.1, 0.15) is 0 Å². The zero-order valence-corrected chi connectivity index (χ0v) is 9.56. The van der Waals surface area contributed by atoms with Crippen LogP contribution < -0.4 is 5.32 Å². The van der Waals surface area contributed by atoms with Crippen LogP contribution in [0.2, 0.25) is 0 Å². The van der Waals surface area contributed by atoms with E-state index in [2.05, 4.69) is 5.32 Å². The molecule has 3 heterocycles. The first-order chi connectivity index (χ1) is 7.75. The van der Waals surface area contributed by atoms with E-state index in [-0.39, 0.29) is 18.1 Å². The predicted molar refractivity (Wildman–Crippen MR) is 59.8 cm³/mol. The second kappa shape index (κ2) is 4.00. The summed E-state index contributed by atoms with van der Waals surface area (Å²) >= 11 is 0. The fraction of sp³-hybridized carbons (Fsp3) is 0.917. The highest BCUT2D eigenvalue weighted by atomic mass is 16.3. The Kier molecular flexibility index (Phi) is 2.64. The van der Waals surface area contributed by atoms with Gasteiger partial charge >= 0.3 is 0 Å². The number of hydrogen-bond acceptors (Lipinski definition) is 3. The molecule has 1 unspecified atom stereocenters. The number of nitrogens with one attached hydrogen (secondary N) is 1. The number of carbonyl (C=O) groups excluding carboxylic acids is 1. The Morgan fingerprint density at radius 2 is 2.00 bits per heavy atom. The summed E-state index contributed by atoms with van der Waals surface area (Å²) in [5, 5.41) is 13.0. The number of fused-ring (bicyclic) bond motifs is 2. The van der Waals surface area contributed by atoms with Crippen molar-refractivity contribution < 1.29 is 9.90 Å². The summed E-state index contributed by atoms with van der Waals surface area (Å²) in [6.45, 7) is 2.52. The molecule has 0 aromatic heterocycles. The van der Waals surface area contributed by atoms with Crippen LogP contribution in [0.3, 0.4) is 0 Å². The maximum absolute atomic E-state index is 12.2. The van der Waals surface area contributed by atoms with Gasteiger partial charge in [-0.05, 0) is 25.8 Å². The summed E-state index contributed by atoms with van der Waals surface area (Å²) in [6.07, 6.45) is 4.31. The third-order valence-electron chi connectivity index (χ3n) is 4.40. The van der Waals surface area contributed by atoms with Crippen molar-refractivity contribution in [1.82, 2.24) is 10.2 Å². The Labute approximate surface area is 96.0 Å². The second-order valence-electron chi connectivity index (χ2n) is 5.49. The Morgan fingerprint density at radius 1 is 1.25 bits per heavy atom. The number of aliphatic hydroxyl groups excluding tert-OH is 1. The molecule has 4 rings (SSSR count). The van der Waals surface area contributed by atoms with Crippen LogP contribution in [-0.2, 0) is 4.79 Å². The van der Waals surface area contributed by atoms with Crippen molar-refractivity contribution in [3.8, 4) is 0 Å². The van der Waals surface area contributed by atoms with Crippen LogP contribution in [0.1, 0.15) is 25.7 Å². The molecule has 2 N–H and O–H groups in total. The molecule has 16 heavy (non-hydrogen) atoms. The summed E-state index contributed by atoms with van der Waals surface area (Å²) in [7, 11) is 0. The van der Waals surface area contributed by atoms with Gasteiger partial charge in [-0.1, -0.05) is 6.42 Å². The van der Waals surface area contributed by atoms with Crippen molar-refractivity contribution in [2.45, 2.75) is 37.8 Å². The third-order valence-corrected chi connectivity index (χ3v) is 4.40. The van der Waals surface area contributed by atoms with E-state index in [1.54, 1.807) is 0 Å². The Morgan fingerprint density at radius 3 is 2.56 bits per heavy atom. The van der Waals surface area contributed by atoms with Gasteiger partial charge in [-0.15, -0.1) is 0 Å². The van der Waals surface area contributed by atoms with Crippen molar-refractivity contribution in [2.75, 3.05) is 19.6 Å². The van der Waals surface area contributed by atoms with Gasteiger partial charge < -0.3 is 15.3 Å². The lowest BCUT2D eigenvalue weighted by molar-refractivity contribution is -0.152. The van der Waals surface area contributed by atoms with E-state index in [0.29, 0.717) is 11.8 Å². The normalized spacial score (nSPS) is 42.7. The molecule has 0 spiro atoms. The average Bonchev–Trinajstić information content (AvgIpc) is 2.38. The molecule has 0 radical (unpaired) electrons. The fourth-order valence-corrected chi connectivity index (χ4v) is 3.33. The molecule has 4 nitrogen and oxygen atoms in total. The Balaban J connectivity index is 1.59. The summed E-state index contributed by atoms with van der Waals surface area (Å²) < 4.78 is 0. The zero-order chi connectivity index (χ0) is 11.1. The van der Waals surface area contributed by atoms with Gasteiger partial charge in [0.25, 0.3) is 0 Å². The van der Waals surface area contributed by atoms with Gasteiger partial charge in [0.15, 0.2) is 0 Å². The van der Waals surface area contributed by atoms with Gasteiger partial charge in [-0.25, -0.2) is 0 Å². The summed E-state index contributed by atoms with van der Waals surface area (Å²) in [4.78, 5) is 14.2. The number of amides is 1. The van der Waals surface area contributed by atoms with E-state index in [1.165, 1.54) is 6.42 Å². The molecule has 1 aliphatic carbocycles. The van der Waals surface area contributed by atoms with Crippen LogP contribution in [-0.4, -0.2) is 47.7 Å². The molecule has 1 saturated carbocycles. The minimum Gasteiger partial charge on any atom is -0.392 e. The average molecular weight is 224 g/mol. The van der Waals surface area contributed by atoms with Crippen LogP contribution in [0.5, 0.6) is 0 Å². The molecule has 4 aliphatic rings. The van der Waals surface area contributed by atoms with Gasteiger partial charge in [0.2, 0.25) is 5.91 Å². The highest BCUT2D eigenvalue weighted by molar-refractivity contribution is 5.82. The molecule has 90 valence electrons. The van der Waals surface area contributed by atoms with Gasteiger partial charge in [0, 0.05) is 24.9 Å². The van der Waals surface area contributed by atoms with Crippen LogP contribution in [0.4, 0.5) is 0 Å². The number of carbonyl (C=O) groups is 1. The lowest BCUT2D eigenvalue weighted by Gasteiger charge is -2.51. The number of aliphatic hydroxyl groups is 1. The maximum Gasteiger partial charge on any atom is 0.239 e. The number of hydrogen-bond donors (Lipinski definition) is 2. The molecular formula is C12H20N2O2. The predicted octanol–water partition coefficient (Wildman–Crippen LogP) is -0.0323. The minimum atomic E-state index is -0.136. The van der Waals surface area contributed by atoms with Crippen LogP contribution >= 0.6 is 0 Å². The fourth-order valence-electron chi connectivity index (χ4n) is 3.33. The monoisotopic (exact) mass is 224 g/mol. The first-order valence-electron chi connectivity index (χ1n) is 6.46. The van der Waals surface area contributed by atoms with Crippen molar-refractivity contribution in [2.24, 2.45) is 11.8 Å². The highest BCUT2D eigenvalue weighted by Gasteiger charge is 2.47. The molecule has 0 aromatic carbocycles. The minimum absolute atomic E-state index is 0.0448. The van der Waals surface area contributed by atoms with Gasteiger partial charge in [-0.3, -0.25) is 4.79 Å². The molecule has 2 bridgehead atoms. The molecule has 3 saturated heterocycles. The van der Waals surface area contributed by atoms with Crippen molar-refractivity contribution in [3.05, 3.63) is 0 Å². The quantitative estimate of drug-likeness (QED) is 0.657. The van der Waals surface area contributed by atoms with Gasteiger partial charge in [-0.2, -0.15) is 0 Å². The Hall–Kier alpha value is -0.610. The molecule has 3 aliphatic heterocycles. The lowest BCUT2D eigenvalue weighted by Crippen LogP contribution is -2.62. The van der Waals surface area contributed by atoms with Gasteiger partial charge in [0.05, 0.1) is 12.1 Å². The van der Waals surface area contributed by atoms with E-state index in [9.17, 15) is 9.90 Å². The van der Waals surface area contributed by atoms with Crippen molar-refractivity contribution in [1.29, 1.82) is 0 Å². The van der Waals surface area contributed by atoms with E-state index >= 15 is 0 Å². The lowest BCUT2D eigenvalue weighted by atomic mass is 9.68. The molecular weight excluding hydrogens is 204 g/mol. The third kappa shape index (κ3) is 1.64. The summed E-state index contributed by atoms with van der Waals surface area (Å²) in [5.74, 6) is 0.971. The summed E-state index contributed by atoms with van der Waals surface area (Å²) in [6, 6.07) is 0.0448. The molecule has 4 atom stereocenters. The van der Waals surface area contributed by atoms with Crippen LogP contribution in [0.15, 0.2) is 0 Å². The first kappa shape index (κ1) is 10.5. The van der Waals surface area contributed by atoms with Crippen molar-refractivity contribution >= 4 is 5.91 Å². The summed E-state index contributed by atoms with van der Waals surface area (Å²) in [5.41, 5.74) is 0.